The second-order valence-electron chi connectivity index (χ2n) is 4.44. The Kier molecular flexibility index (Phi) is 3.50. The van der Waals surface area contributed by atoms with Crippen molar-refractivity contribution in [2.75, 3.05) is 11.9 Å². The van der Waals surface area contributed by atoms with E-state index in [0.717, 1.165) is 16.8 Å². The molecule has 0 radical (unpaired) electrons. The van der Waals surface area contributed by atoms with Crippen LogP contribution in [0, 0.1) is 0 Å². The molecule has 0 unspecified atom stereocenters. The van der Waals surface area contributed by atoms with Crippen LogP contribution in [-0.4, -0.2) is 12.5 Å². The second kappa shape index (κ2) is 5.45. The summed E-state index contributed by atoms with van der Waals surface area (Å²) in [6.45, 7) is -0.0152. The summed E-state index contributed by atoms with van der Waals surface area (Å²) in [6, 6.07) is 16.1. The molecular weight excluding hydrogens is 268 g/mol. The number of thiophene rings is 1. The van der Waals surface area contributed by atoms with Crippen LogP contribution in [0.25, 0.3) is 21.2 Å². The first-order valence-corrected chi connectivity index (χ1v) is 7.23. The number of amides is 1. The van der Waals surface area contributed by atoms with Crippen molar-refractivity contribution in [2.24, 2.45) is 5.73 Å². The molecule has 0 spiro atoms. The molecule has 0 saturated carbocycles. The number of fused-ring (bicyclic) bond motifs is 1. The van der Waals surface area contributed by atoms with Crippen LogP contribution in [-0.2, 0) is 4.79 Å². The van der Waals surface area contributed by atoms with Crippen LogP contribution >= 0.6 is 11.3 Å². The summed E-state index contributed by atoms with van der Waals surface area (Å²) in [4.78, 5) is 11.5. The third-order valence-electron chi connectivity index (χ3n) is 3.16. The van der Waals surface area contributed by atoms with E-state index in [1.54, 1.807) is 11.3 Å². The molecule has 0 bridgehead atoms. The van der Waals surface area contributed by atoms with Crippen LogP contribution in [0.2, 0.25) is 0 Å². The van der Waals surface area contributed by atoms with Gasteiger partial charge in [0, 0.05) is 26.9 Å². The number of benzene rings is 2. The van der Waals surface area contributed by atoms with E-state index >= 15 is 0 Å². The van der Waals surface area contributed by atoms with Crippen LogP contribution < -0.4 is 11.1 Å². The monoisotopic (exact) mass is 282 g/mol. The fourth-order valence-electron chi connectivity index (χ4n) is 2.21. The lowest BCUT2D eigenvalue weighted by atomic mass is 10.0. The average molecular weight is 282 g/mol. The second-order valence-corrected chi connectivity index (χ2v) is 5.35. The molecule has 3 aromatic rings. The van der Waals surface area contributed by atoms with Gasteiger partial charge in [-0.15, -0.1) is 11.3 Å². The van der Waals surface area contributed by atoms with Gasteiger partial charge in [0.2, 0.25) is 5.91 Å². The molecule has 3 rings (SSSR count). The summed E-state index contributed by atoms with van der Waals surface area (Å²) in [7, 11) is 0. The zero-order valence-electron chi connectivity index (χ0n) is 10.8. The standard InChI is InChI=1S/C16H14N2OS/c17-9-16(19)18-14-7-3-1-5-11(14)13-10-20-15-8-4-2-6-12(13)15/h1-8,10H,9,17H2,(H,18,19). The normalized spacial score (nSPS) is 10.7. The van der Waals surface area contributed by atoms with Gasteiger partial charge in [0.15, 0.2) is 0 Å². The molecule has 3 N–H and O–H groups in total. The number of nitrogens with two attached hydrogens (primary N) is 1. The highest BCUT2D eigenvalue weighted by atomic mass is 32.1. The average Bonchev–Trinajstić information content (AvgIpc) is 2.91. The minimum Gasteiger partial charge on any atom is -0.324 e. The molecular formula is C16H14N2OS. The SMILES string of the molecule is NCC(=O)Nc1ccccc1-c1csc2ccccc12. The van der Waals surface area contributed by atoms with Crippen molar-refractivity contribution in [3.8, 4) is 11.1 Å². The van der Waals surface area contributed by atoms with E-state index in [2.05, 4.69) is 22.8 Å². The van der Waals surface area contributed by atoms with Crippen molar-refractivity contribution in [3.63, 3.8) is 0 Å². The van der Waals surface area contributed by atoms with Crippen LogP contribution in [0.1, 0.15) is 0 Å². The lowest BCUT2D eigenvalue weighted by Crippen LogP contribution is -2.22. The molecule has 2 aromatic carbocycles. The third-order valence-corrected chi connectivity index (χ3v) is 4.12. The summed E-state index contributed by atoms with van der Waals surface area (Å²) in [6.07, 6.45) is 0. The largest absolute Gasteiger partial charge is 0.324 e. The minimum atomic E-state index is -0.183. The van der Waals surface area contributed by atoms with Gasteiger partial charge in [-0.05, 0) is 17.5 Å². The van der Waals surface area contributed by atoms with E-state index in [-0.39, 0.29) is 12.5 Å². The highest BCUT2D eigenvalue weighted by Gasteiger charge is 2.11. The van der Waals surface area contributed by atoms with E-state index in [1.807, 2.05) is 36.4 Å². The quantitative estimate of drug-likeness (QED) is 0.773. The van der Waals surface area contributed by atoms with Crippen molar-refractivity contribution in [1.82, 2.24) is 0 Å². The van der Waals surface area contributed by atoms with Crippen LogP contribution in [0.4, 0.5) is 5.69 Å². The highest BCUT2D eigenvalue weighted by Crippen LogP contribution is 2.37. The van der Waals surface area contributed by atoms with Crippen molar-refractivity contribution in [3.05, 3.63) is 53.9 Å². The number of nitrogens with one attached hydrogen (secondary N) is 1. The van der Waals surface area contributed by atoms with Gasteiger partial charge in [-0.3, -0.25) is 4.79 Å². The number of hydrogen-bond acceptors (Lipinski definition) is 3. The number of anilines is 1. The van der Waals surface area contributed by atoms with Crippen molar-refractivity contribution in [2.45, 2.75) is 0 Å². The minimum absolute atomic E-state index is 0.0152. The van der Waals surface area contributed by atoms with E-state index < -0.39 is 0 Å². The summed E-state index contributed by atoms with van der Waals surface area (Å²) in [5.41, 5.74) is 8.32. The lowest BCUT2D eigenvalue weighted by molar-refractivity contribution is -0.114. The smallest absolute Gasteiger partial charge is 0.238 e. The molecule has 1 amide bonds. The highest BCUT2D eigenvalue weighted by molar-refractivity contribution is 7.17. The van der Waals surface area contributed by atoms with Crippen LogP contribution in [0.5, 0.6) is 0 Å². The van der Waals surface area contributed by atoms with E-state index in [1.165, 1.54) is 10.1 Å². The number of para-hydroxylation sites is 1. The van der Waals surface area contributed by atoms with E-state index in [4.69, 9.17) is 5.73 Å². The van der Waals surface area contributed by atoms with Crippen molar-refractivity contribution >= 4 is 33.0 Å². The van der Waals surface area contributed by atoms with Gasteiger partial charge in [-0.2, -0.15) is 0 Å². The Labute approximate surface area is 121 Å². The number of hydrogen-bond donors (Lipinski definition) is 2. The molecule has 0 atom stereocenters. The molecule has 1 heterocycles. The van der Waals surface area contributed by atoms with Gasteiger partial charge in [0.25, 0.3) is 0 Å². The molecule has 3 nitrogen and oxygen atoms in total. The lowest BCUT2D eigenvalue weighted by Gasteiger charge is -2.10. The maximum Gasteiger partial charge on any atom is 0.238 e. The Hall–Kier alpha value is -2.17. The fourth-order valence-corrected chi connectivity index (χ4v) is 3.18. The van der Waals surface area contributed by atoms with Crippen molar-refractivity contribution < 1.29 is 4.79 Å². The molecule has 1 aromatic heterocycles. The maximum absolute atomic E-state index is 11.5. The Balaban J connectivity index is 2.12. The Morgan fingerprint density at radius 3 is 2.65 bits per heavy atom. The van der Waals surface area contributed by atoms with Crippen molar-refractivity contribution in [1.29, 1.82) is 0 Å². The molecule has 0 fully saturated rings. The number of rotatable bonds is 3. The van der Waals surface area contributed by atoms with E-state index in [0.29, 0.717) is 0 Å². The van der Waals surface area contributed by atoms with Gasteiger partial charge in [0.1, 0.15) is 0 Å². The van der Waals surface area contributed by atoms with Gasteiger partial charge in [0.05, 0.1) is 6.54 Å². The van der Waals surface area contributed by atoms with E-state index in [9.17, 15) is 4.79 Å². The third kappa shape index (κ3) is 2.31. The summed E-state index contributed by atoms with van der Waals surface area (Å²) in [5, 5.41) is 6.18. The predicted molar refractivity (Wildman–Crippen MR) is 84.9 cm³/mol. The first kappa shape index (κ1) is 12.8. The van der Waals surface area contributed by atoms with Crippen LogP contribution in [0.15, 0.2) is 53.9 Å². The fraction of sp³-hybridized carbons (Fsp3) is 0.0625. The first-order valence-electron chi connectivity index (χ1n) is 6.35. The Morgan fingerprint density at radius 2 is 1.80 bits per heavy atom. The van der Waals surface area contributed by atoms with Gasteiger partial charge >= 0.3 is 0 Å². The topological polar surface area (TPSA) is 55.1 Å². The number of carbonyl (C=O) groups excluding carboxylic acids is 1. The molecule has 0 aliphatic heterocycles. The predicted octanol–water partition coefficient (Wildman–Crippen LogP) is 3.47. The molecule has 20 heavy (non-hydrogen) atoms. The molecule has 100 valence electrons. The Bertz CT molecular complexity index is 764. The maximum atomic E-state index is 11.5. The molecule has 0 saturated heterocycles. The Morgan fingerprint density at radius 1 is 1.05 bits per heavy atom. The molecule has 0 aliphatic rings. The van der Waals surface area contributed by atoms with Gasteiger partial charge in [-0.1, -0.05) is 36.4 Å². The van der Waals surface area contributed by atoms with Gasteiger partial charge in [-0.25, -0.2) is 0 Å². The molecule has 4 heteroatoms. The molecule has 0 aliphatic carbocycles. The first-order chi connectivity index (χ1) is 9.79. The summed E-state index contributed by atoms with van der Waals surface area (Å²) in [5.74, 6) is -0.183. The zero-order valence-corrected chi connectivity index (χ0v) is 11.6. The summed E-state index contributed by atoms with van der Waals surface area (Å²) < 4.78 is 1.24. The zero-order chi connectivity index (χ0) is 13.9. The summed E-state index contributed by atoms with van der Waals surface area (Å²) >= 11 is 1.70. The van der Waals surface area contributed by atoms with Crippen LogP contribution in [0.3, 0.4) is 0 Å². The van der Waals surface area contributed by atoms with Gasteiger partial charge < -0.3 is 11.1 Å². The number of carbonyl (C=O) groups is 1.